The van der Waals surface area contributed by atoms with Crippen molar-refractivity contribution in [1.82, 2.24) is 16.2 Å². The summed E-state index contributed by atoms with van der Waals surface area (Å²) in [5.41, 5.74) is 5.40. The molecular weight excluding hydrogens is 350 g/mol. The molecule has 3 amide bonds. The lowest BCUT2D eigenvalue weighted by Crippen LogP contribution is -2.47. The quantitative estimate of drug-likeness (QED) is 0.578. The Morgan fingerprint density at radius 3 is 1.89 bits per heavy atom. The first-order chi connectivity index (χ1) is 13.0. The molecule has 0 spiro atoms. The van der Waals surface area contributed by atoms with Gasteiger partial charge in [0.2, 0.25) is 5.91 Å². The minimum atomic E-state index is -0.985. The van der Waals surface area contributed by atoms with Gasteiger partial charge >= 0.3 is 5.97 Å². The minimum Gasteiger partial charge on any atom is -0.481 e. The molecule has 1 aromatic carbocycles. The molecule has 3 rings (SSSR count). The number of hydrogen-bond acceptors (Lipinski definition) is 4. The Kier molecular flexibility index (Phi) is 5.73. The van der Waals surface area contributed by atoms with Crippen molar-refractivity contribution in [3.63, 3.8) is 0 Å². The lowest BCUT2D eigenvalue weighted by atomic mass is 9.79. The van der Waals surface area contributed by atoms with Gasteiger partial charge < -0.3 is 10.4 Å². The summed E-state index contributed by atoms with van der Waals surface area (Å²) in [7, 11) is 0. The fraction of sp³-hybridized carbons (Fsp3) is 0.474. The van der Waals surface area contributed by atoms with Crippen LogP contribution >= 0.6 is 0 Å². The first-order valence-electron chi connectivity index (χ1n) is 9.19. The normalized spacial score (nSPS) is 21.8. The molecule has 2 aliphatic carbocycles. The number of carboxylic acids is 1. The van der Waals surface area contributed by atoms with Gasteiger partial charge in [-0.15, -0.1) is 0 Å². The molecule has 2 fully saturated rings. The van der Waals surface area contributed by atoms with Gasteiger partial charge in [-0.1, -0.05) is 12.8 Å². The Balaban J connectivity index is 1.52. The van der Waals surface area contributed by atoms with Crippen molar-refractivity contribution in [3.05, 3.63) is 35.4 Å². The van der Waals surface area contributed by atoms with Crippen molar-refractivity contribution in [2.75, 3.05) is 0 Å². The van der Waals surface area contributed by atoms with E-state index < -0.39 is 29.6 Å². The third-order valence-corrected chi connectivity index (χ3v) is 5.04. The van der Waals surface area contributed by atoms with Crippen LogP contribution in [-0.2, 0) is 9.59 Å². The van der Waals surface area contributed by atoms with E-state index in [4.69, 9.17) is 0 Å². The number of nitrogens with one attached hydrogen (secondary N) is 3. The maximum absolute atomic E-state index is 12.3. The summed E-state index contributed by atoms with van der Waals surface area (Å²) in [6, 6.07) is 6.37. The molecule has 0 radical (unpaired) electrons. The van der Waals surface area contributed by atoms with Gasteiger partial charge in [0.15, 0.2) is 0 Å². The van der Waals surface area contributed by atoms with Crippen LogP contribution in [0.2, 0.25) is 0 Å². The third-order valence-electron chi connectivity index (χ3n) is 5.04. The topological polar surface area (TPSA) is 125 Å². The number of hydrogen-bond donors (Lipinski definition) is 4. The number of benzene rings is 1. The minimum absolute atomic E-state index is 0.172. The van der Waals surface area contributed by atoms with Crippen LogP contribution in [0.15, 0.2) is 24.3 Å². The molecular formula is C19H23N3O5. The molecule has 0 bridgehead atoms. The van der Waals surface area contributed by atoms with E-state index >= 15 is 0 Å². The SMILES string of the molecule is O=C(NNC(=O)C1CCCCC1C(=O)O)c1ccc(C(=O)NC2CC2)cc1. The van der Waals surface area contributed by atoms with Crippen LogP contribution in [0.4, 0.5) is 0 Å². The predicted molar refractivity (Wildman–Crippen MR) is 95.6 cm³/mol. The monoisotopic (exact) mass is 373 g/mol. The Bertz CT molecular complexity index is 742. The van der Waals surface area contributed by atoms with Crippen molar-refractivity contribution >= 4 is 23.7 Å². The largest absolute Gasteiger partial charge is 0.481 e. The fourth-order valence-corrected chi connectivity index (χ4v) is 3.29. The molecule has 0 aromatic heterocycles. The zero-order valence-electron chi connectivity index (χ0n) is 14.9. The average molecular weight is 373 g/mol. The summed E-state index contributed by atoms with van der Waals surface area (Å²) >= 11 is 0. The van der Waals surface area contributed by atoms with Crippen LogP contribution in [0.25, 0.3) is 0 Å². The zero-order chi connectivity index (χ0) is 19.4. The Labute approximate surface area is 156 Å². The van der Waals surface area contributed by atoms with Crippen molar-refractivity contribution in [1.29, 1.82) is 0 Å². The molecule has 0 aliphatic heterocycles. The van der Waals surface area contributed by atoms with E-state index in [9.17, 15) is 24.3 Å². The molecule has 4 N–H and O–H groups in total. The highest BCUT2D eigenvalue weighted by Gasteiger charge is 2.35. The Morgan fingerprint density at radius 1 is 0.778 bits per heavy atom. The number of aliphatic carboxylic acids is 1. The van der Waals surface area contributed by atoms with Gasteiger partial charge in [-0.25, -0.2) is 0 Å². The molecule has 2 aliphatic rings. The maximum atomic E-state index is 12.3. The van der Waals surface area contributed by atoms with Crippen molar-refractivity contribution < 1.29 is 24.3 Å². The number of rotatable bonds is 5. The van der Waals surface area contributed by atoms with Crippen LogP contribution in [-0.4, -0.2) is 34.8 Å². The summed E-state index contributed by atoms with van der Waals surface area (Å²) in [6.07, 6.45) is 4.52. The second-order valence-electron chi connectivity index (χ2n) is 7.10. The summed E-state index contributed by atoms with van der Waals surface area (Å²) in [5.74, 6) is -3.54. The molecule has 27 heavy (non-hydrogen) atoms. The molecule has 8 nitrogen and oxygen atoms in total. The van der Waals surface area contributed by atoms with E-state index in [0.717, 1.165) is 25.7 Å². The standard InChI is InChI=1S/C19H23N3O5/c23-16(20-13-9-10-13)11-5-7-12(8-6-11)17(24)21-22-18(25)14-3-1-2-4-15(14)19(26)27/h5-8,13-15H,1-4,9-10H2,(H,20,23)(H,21,24)(H,22,25)(H,26,27). The number of carbonyl (C=O) groups excluding carboxylic acids is 3. The van der Waals surface area contributed by atoms with Gasteiger partial charge in [-0.05, 0) is 49.9 Å². The van der Waals surface area contributed by atoms with E-state index in [-0.39, 0.29) is 17.5 Å². The van der Waals surface area contributed by atoms with Crippen LogP contribution in [0, 0.1) is 11.8 Å². The summed E-state index contributed by atoms with van der Waals surface area (Å²) in [5, 5.41) is 12.1. The smallest absolute Gasteiger partial charge is 0.307 e. The van der Waals surface area contributed by atoms with E-state index in [1.54, 1.807) is 12.1 Å². The van der Waals surface area contributed by atoms with E-state index in [0.29, 0.717) is 18.4 Å². The summed E-state index contributed by atoms with van der Waals surface area (Å²) < 4.78 is 0. The summed E-state index contributed by atoms with van der Waals surface area (Å²) in [6.45, 7) is 0. The molecule has 144 valence electrons. The van der Waals surface area contributed by atoms with Gasteiger partial charge in [-0.3, -0.25) is 30.0 Å². The second kappa shape index (κ2) is 8.20. The number of carbonyl (C=O) groups is 4. The molecule has 0 saturated heterocycles. The Hall–Kier alpha value is -2.90. The van der Waals surface area contributed by atoms with Gasteiger partial charge in [0.25, 0.3) is 11.8 Å². The average Bonchev–Trinajstić information content (AvgIpc) is 3.49. The highest BCUT2D eigenvalue weighted by atomic mass is 16.4. The Morgan fingerprint density at radius 2 is 1.33 bits per heavy atom. The highest BCUT2D eigenvalue weighted by Crippen LogP contribution is 2.30. The fourth-order valence-electron chi connectivity index (χ4n) is 3.29. The van der Waals surface area contributed by atoms with Crippen LogP contribution < -0.4 is 16.2 Å². The number of carboxylic acid groups (broad SMARTS) is 1. The van der Waals surface area contributed by atoms with Gasteiger partial charge in [0.05, 0.1) is 11.8 Å². The van der Waals surface area contributed by atoms with Crippen LogP contribution in [0.3, 0.4) is 0 Å². The summed E-state index contributed by atoms with van der Waals surface area (Å²) in [4.78, 5) is 47.7. The van der Waals surface area contributed by atoms with Gasteiger partial charge in [-0.2, -0.15) is 0 Å². The van der Waals surface area contributed by atoms with Crippen molar-refractivity contribution in [3.8, 4) is 0 Å². The molecule has 2 unspecified atom stereocenters. The molecule has 2 saturated carbocycles. The molecule has 8 heteroatoms. The van der Waals surface area contributed by atoms with E-state index in [1.165, 1.54) is 12.1 Å². The van der Waals surface area contributed by atoms with Crippen LogP contribution in [0.1, 0.15) is 59.2 Å². The van der Waals surface area contributed by atoms with Crippen molar-refractivity contribution in [2.45, 2.75) is 44.6 Å². The van der Waals surface area contributed by atoms with Gasteiger partial charge in [0.1, 0.15) is 0 Å². The number of amides is 3. The second-order valence-corrected chi connectivity index (χ2v) is 7.10. The zero-order valence-corrected chi connectivity index (χ0v) is 14.9. The lowest BCUT2D eigenvalue weighted by molar-refractivity contribution is -0.149. The van der Waals surface area contributed by atoms with Crippen molar-refractivity contribution in [2.24, 2.45) is 11.8 Å². The van der Waals surface area contributed by atoms with E-state index in [1.807, 2.05) is 0 Å². The molecule has 1 aromatic rings. The maximum Gasteiger partial charge on any atom is 0.307 e. The third kappa shape index (κ3) is 4.84. The predicted octanol–water partition coefficient (Wildman–Crippen LogP) is 1.23. The first-order valence-corrected chi connectivity index (χ1v) is 9.19. The highest BCUT2D eigenvalue weighted by molar-refractivity contribution is 5.98. The molecule has 2 atom stereocenters. The van der Waals surface area contributed by atoms with E-state index in [2.05, 4.69) is 16.2 Å². The lowest BCUT2D eigenvalue weighted by Gasteiger charge is -2.27. The molecule has 0 heterocycles. The first kappa shape index (κ1) is 18.9. The van der Waals surface area contributed by atoms with Gasteiger partial charge in [0, 0.05) is 17.2 Å². The van der Waals surface area contributed by atoms with Crippen LogP contribution in [0.5, 0.6) is 0 Å². The number of hydrazine groups is 1.